The second kappa shape index (κ2) is 12.1. The number of alkyl halides is 3. The van der Waals surface area contributed by atoms with Crippen LogP contribution in [0.2, 0.25) is 0 Å². The molecule has 1 heterocycles. The van der Waals surface area contributed by atoms with Crippen LogP contribution in [0.4, 0.5) is 13.2 Å². The van der Waals surface area contributed by atoms with Gasteiger partial charge >= 0.3 is 11.8 Å². The van der Waals surface area contributed by atoms with Crippen LogP contribution < -0.4 is 10.4 Å². The molecule has 0 atom stereocenters. The van der Waals surface area contributed by atoms with Gasteiger partial charge in [0.15, 0.2) is 0 Å². The van der Waals surface area contributed by atoms with Crippen LogP contribution in [0.3, 0.4) is 0 Å². The lowest BCUT2D eigenvalue weighted by molar-refractivity contribution is -0.137. The van der Waals surface area contributed by atoms with E-state index in [0.29, 0.717) is 29.7 Å². The van der Waals surface area contributed by atoms with E-state index in [1.807, 2.05) is 6.92 Å². The fourth-order valence-electron chi connectivity index (χ4n) is 3.92. The topological polar surface area (TPSA) is 59.7 Å². The molecule has 0 saturated carbocycles. The minimum atomic E-state index is -4.59. The zero-order chi connectivity index (χ0) is 24.6. The molecule has 0 spiro atoms. The molecule has 1 N–H and O–H groups in total. The molecule has 3 aromatic rings. The first-order chi connectivity index (χ1) is 16.3. The third-order valence-corrected chi connectivity index (χ3v) is 5.78. The molecular formula is C27H31F3O4. The van der Waals surface area contributed by atoms with E-state index in [4.69, 9.17) is 14.3 Å². The Kier molecular flexibility index (Phi) is 9.16. The van der Waals surface area contributed by atoms with Crippen LogP contribution in [0, 0.1) is 0 Å². The first kappa shape index (κ1) is 25.8. The predicted octanol–water partition coefficient (Wildman–Crippen LogP) is 7.14. The number of hydrogen-bond acceptors (Lipinski definition) is 4. The molecule has 0 amide bonds. The maximum absolute atomic E-state index is 13.9. The van der Waals surface area contributed by atoms with Crippen LogP contribution in [0.15, 0.2) is 51.7 Å². The van der Waals surface area contributed by atoms with E-state index in [1.165, 1.54) is 12.1 Å². The van der Waals surface area contributed by atoms with E-state index in [2.05, 4.69) is 0 Å². The average molecular weight is 477 g/mol. The zero-order valence-electron chi connectivity index (χ0n) is 19.4. The molecule has 0 bridgehead atoms. The molecule has 2 aromatic carbocycles. The lowest BCUT2D eigenvalue weighted by Gasteiger charge is -2.15. The van der Waals surface area contributed by atoms with E-state index < -0.39 is 17.4 Å². The third kappa shape index (κ3) is 6.86. The number of aliphatic hydroxyl groups excluding tert-OH is 1. The maximum Gasteiger partial charge on any atom is 0.417 e. The summed E-state index contributed by atoms with van der Waals surface area (Å²) in [5.74, 6) is 0.526. The van der Waals surface area contributed by atoms with Gasteiger partial charge in [0.2, 0.25) is 0 Å². The Labute approximate surface area is 197 Å². The smallest absolute Gasteiger partial charge is 0.417 e. The Bertz CT molecular complexity index is 1130. The predicted molar refractivity (Wildman–Crippen MR) is 127 cm³/mol. The van der Waals surface area contributed by atoms with Crippen molar-refractivity contribution in [1.82, 2.24) is 0 Å². The number of unbranched alkanes of at least 4 members (excludes halogenated alkanes) is 5. The Morgan fingerprint density at radius 1 is 0.912 bits per heavy atom. The van der Waals surface area contributed by atoms with Crippen molar-refractivity contribution in [1.29, 1.82) is 0 Å². The standard InChI is InChI=1S/C27H31F3O4/c1-2-3-6-9-19-10-13-22(24(16-19)27(28,29)30)23-17-20-11-12-21(18-25(20)34-26(23)32)33-15-8-5-4-7-14-31/h10-13,16-18,31H,2-9,14-15H2,1H3. The van der Waals surface area contributed by atoms with Gasteiger partial charge in [-0.15, -0.1) is 0 Å². The Hall–Kier alpha value is -2.80. The van der Waals surface area contributed by atoms with Crippen LogP contribution >= 0.6 is 0 Å². The highest BCUT2D eigenvalue weighted by Gasteiger charge is 2.34. The molecule has 34 heavy (non-hydrogen) atoms. The van der Waals surface area contributed by atoms with Crippen LogP contribution in [0.1, 0.15) is 63.0 Å². The first-order valence-electron chi connectivity index (χ1n) is 11.9. The van der Waals surface area contributed by atoms with Gasteiger partial charge in [0.25, 0.3) is 0 Å². The minimum Gasteiger partial charge on any atom is -0.493 e. The quantitative estimate of drug-likeness (QED) is 0.223. The molecule has 0 unspecified atom stereocenters. The van der Waals surface area contributed by atoms with E-state index in [9.17, 15) is 18.0 Å². The molecule has 7 heteroatoms. The number of aliphatic hydroxyl groups is 1. The summed E-state index contributed by atoms with van der Waals surface area (Å²) in [6.07, 6.45) is 2.18. The maximum atomic E-state index is 13.9. The lowest BCUT2D eigenvalue weighted by Crippen LogP contribution is -2.12. The minimum absolute atomic E-state index is 0.113. The summed E-state index contributed by atoms with van der Waals surface area (Å²) in [5.41, 5.74) is -1.07. The van der Waals surface area contributed by atoms with Crippen molar-refractivity contribution in [3.63, 3.8) is 0 Å². The van der Waals surface area contributed by atoms with Crippen LogP contribution in [0.25, 0.3) is 22.1 Å². The fourth-order valence-corrected chi connectivity index (χ4v) is 3.92. The largest absolute Gasteiger partial charge is 0.493 e. The molecule has 0 aliphatic carbocycles. The molecule has 184 valence electrons. The Morgan fingerprint density at radius 3 is 2.44 bits per heavy atom. The SMILES string of the molecule is CCCCCc1ccc(-c2cc3ccc(OCCCCCCO)cc3oc2=O)c(C(F)(F)F)c1. The number of hydrogen-bond donors (Lipinski definition) is 1. The molecule has 0 aliphatic rings. The Morgan fingerprint density at radius 2 is 1.71 bits per heavy atom. The van der Waals surface area contributed by atoms with E-state index in [1.54, 1.807) is 24.3 Å². The summed E-state index contributed by atoms with van der Waals surface area (Å²) in [6.45, 7) is 2.71. The van der Waals surface area contributed by atoms with Crippen LogP contribution in [-0.2, 0) is 12.6 Å². The number of ether oxygens (including phenoxy) is 1. The monoisotopic (exact) mass is 476 g/mol. The van der Waals surface area contributed by atoms with Crippen molar-refractivity contribution < 1.29 is 27.4 Å². The molecule has 0 radical (unpaired) electrons. The number of fused-ring (bicyclic) bond motifs is 1. The summed E-state index contributed by atoms with van der Waals surface area (Å²) < 4.78 is 52.7. The first-order valence-corrected chi connectivity index (χ1v) is 11.9. The van der Waals surface area contributed by atoms with Gasteiger partial charge in [0, 0.05) is 23.6 Å². The van der Waals surface area contributed by atoms with Crippen LogP contribution in [0.5, 0.6) is 5.75 Å². The van der Waals surface area contributed by atoms with Crippen molar-refractivity contribution in [2.24, 2.45) is 0 Å². The summed E-state index contributed by atoms with van der Waals surface area (Å²) in [4.78, 5) is 12.7. The van der Waals surface area contributed by atoms with Gasteiger partial charge in [0.05, 0.1) is 17.7 Å². The van der Waals surface area contributed by atoms with Gasteiger partial charge in [-0.2, -0.15) is 13.2 Å². The highest BCUT2D eigenvalue weighted by atomic mass is 19.4. The Balaban J connectivity index is 1.85. The van der Waals surface area contributed by atoms with Gasteiger partial charge in [0.1, 0.15) is 11.3 Å². The van der Waals surface area contributed by atoms with Crippen LogP contribution in [-0.4, -0.2) is 18.3 Å². The molecule has 0 saturated heterocycles. The van der Waals surface area contributed by atoms with Gasteiger partial charge in [-0.05, 0) is 61.9 Å². The number of rotatable bonds is 12. The van der Waals surface area contributed by atoms with Crippen molar-refractivity contribution in [2.75, 3.05) is 13.2 Å². The summed E-state index contributed by atoms with van der Waals surface area (Å²) in [5, 5.41) is 9.32. The van der Waals surface area contributed by atoms with Gasteiger partial charge in [-0.3, -0.25) is 0 Å². The van der Waals surface area contributed by atoms with Crippen molar-refractivity contribution in [3.8, 4) is 16.9 Å². The second-order valence-electron chi connectivity index (χ2n) is 8.47. The number of halogens is 3. The van der Waals surface area contributed by atoms with E-state index in [-0.39, 0.29) is 23.3 Å². The summed E-state index contributed by atoms with van der Waals surface area (Å²) in [6, 6.07) is 10.6. The molecule has 3 rings (SSSR count). The molecular weight excluding hydrogens is 445 g/mol. The van der Waals surface area contributed by atoms with Crippen molar-refractivity contribution >= 4 is 11.0 Å². The van der Waals surface area contributed by atoms with E-state index >= 15 is 0 Å². The molecule has 0 aliphatic heterocycles. The van der Waals surface area contributed by atoms with Crippen molar-refractivity contribution in [3.05, 3.63) is 64.0 Å². The lowest BCUT2D eigenvalue weighted by atomic mass is 9.95. The highest BCUT2D eigenvalue weighted by molar-refractivity contribution is 5.83. The van der Waals surface area contributed by atoms with Gasteiger partial charge < -0.3 is 14.3 Å². The summed E-state index contributed by atoms with van der Waals surface area (Å²) >= 11 is 0. The van der Waals surface area contributed by atoms with Gasteiger partial charge in [-0.1, -0.05) is 38.3 Å². The van der Waals surface area contributed by atoms with Gasteiger partial charge in [-0.25, -0.2) is 4.79 Å². The highest BCUT2D eigenvalue weighted by Crippen LogP contribution is 2.38. The molecule has 1 aromatic heterocycles. The average Bonchev–Trinajstić information content (AvgIpc) is 2.80. The fraction of sp³-hybridized carbons (Fsp3) is 0.444. The molecule has 0 fully saturated rings. The molecule has 4 nitrogen and oxygen atoms in total. The zero-order valence-corrected chi connectivity index (χ0v) is 19.4. The van der Waals surface area contributed by atoms with E-state index in [0.717, 1.165) is 51.0 Å². The number of aryl methyl sites for hydroxylation is 1. The third-order valence-electron chi connectivity index (χ3n) is 5.78. The number of benzene rings is 2. The normalized spacial score (nSPS) is 11.8. The van der Waals surface area contributed by atoms with Crippen molar-refractivity contribution in [2.45, 2.75) is 64.5 Å². The summed E-state index contributed by atoms with van der Waals surface area (Å²) in [7, 11) is 0. The second-order valence-corrected chi connectivity index (χ2v) is 8.47.